The van der Waals surface area contributed by atoms with Crippen LogP contribution in [0.4, 0.5) is 0 Å². The second kappa shape index (κ2) is 5.01. The summed E-state index contributed by atoms with van der Waals surface area (Å²) in [6, 6.07) is 5.86. The lowest BCUT2D eigenvalue weighted by Gasteiger charge is -2.10. The van der Waals surface area contributed by atoms with Crippen LogP contribution in [0, 0.1) is 13.8 Å². The van der Waals surface area contributed by atoms with Crippen molar-refractivity contribution < 1.29 is 9.53 Å². The maximum Gasteiger partial charge on any atom is 0.184 e. The van der Waals surface area contributed by atoms with Gasteiger partial charge in [0, 0.05) is 0 Å². The lowest BCUT2D eigenvalue weighted by atomic mass is 10.1. The van der Waals surface area contributed by atoms with Crippen molar-refractivity contribution in [2.24, 2.45) is 0 Å². The number of aryl methyl sites for hydroxylation is 2. The number of ketones is 1. The second-order valence-corrected chi connectivity index (χ2v) is 3.45. The number of benzene rings is 1. The van der Waals surface area contributed by atoms with E-state index in [1.54, 1.807) is 0 Å². The van der Waals surface area contributed by atoms with Gasteiger partial charge in [-0.25, -0.2) is 0 Å². The van der Waals surface area contributed by atoms with E-state index in [0.717, 1.165) is 16.9 Å². The monoisotopic (exact) mass is 212 g/mol. The molecule has 0 amide bonds. The number of halogens is 1. The molecule has 0 aromatic heterocycles. The summed E-state index contributed by atoms with van der Waals surface area (Å²) in [5.74, 6) is 0.686. The molecule has 0 saturated carbocycles. The number of rotatable bonds is 4. The number of hydrogen-bond donors (Lipinski definition) is 0. The number of carbonyl (C=O) groups is 1. The molecule has 14 heavy (non-hydrogen) atoms. The van der Waals surface area contributed by atoms with Crippen molar-refractivity contribution in [2.75, 3.05) is 12.5 Å². The van der Waals surface area contributed by atoms with Crippen molar-refractivity contribution in [1.82, 2.24) is 0 Å². The number of ether oxygens (including phenoxy) is 1. The van der Waals surface area contributed by atoms with Crippen LogP contribution in [0.25, 0.3) is 0 Å². The summed E-state index contributed by atoms with van der Waals surface area (Å²) < 4.78 is 5.39. The lowest BCUT2D eigenvalue weighted by molar-refractivity contribution is -0.118. The van der Waals surface area contributed by atoms with Crippen molar-refractivity contribution >= 4 is 17.4 Å². The maximum atomic E-state index is 11.0. The third-order valence-corrected chi connectivity index (χ3v) is 2.23. The van der Waals surface area contributed by atoms with Gasteiger partial charge < -0.3 is 4.74 Å². The number of para-hydroxylation sites is 1. The van der Waals surface area contributed by atoms with E-state index < -0.39 is 0 Å². The number of carbonyl (C=O) groups excluding carboxylic acids is 1. The normalized spacial score (nSPS) is 9.93. The molecule has 1 rings (SSSR count). The molecule has 0 unspecified atom stereocenters. The zero-order valence-corrected chi connectivity index (χ0v) is 9.10. The standard InChI is InChI=1S/C11H13ClO2/c1-8-4-3-5-9(2)11(8)14-7-10(13)6-12/h3-5H,6-7H2,1-2H3. The van der Waals surface area contributed by atoms with Gasteiger partial charge in [-0.2, -0.15) is 0 Å². The number of Topliss-reactive ketones (excluding diaryl/α,β-unsaturated/α-hetero) is 1. The van der Waals surface area contributed by atoms with Gasteiger partial charge >= 0.3 is 0 Å². The van der Waals surface area contributed by atoms with E-state index in [1.807, 2.05) is 32.0 Å². The van der Waals surface area contributed by atoms with E-state index in [9.17, 15) is 4.79 Å². The minimum atomic E-state index is -0.102. The van der Waals surface area contributed by atoms with Gasteiger partial charge in [-0.1, -0.05) is 18.2 Å². The van der Waals surface area contributed by atoms with Crippen molar-refractivity contribution in [1.29, 1.82) is 0 Å². The third-order valence-electron chi connectivity index (χ3n) is 1.94. The van der Waals surface area contributed by atoms with Crippen LogP contribution in [0.1, 0.15) is 11.1 Å². The summed E-state index contributed by atoms with van der Waals surface area (Å²) in [5, 5.41) is 0. The molecule has 0 aliphatic rings. The predicted octanol–water partition coefficient (Wildman–Crippen LogP) is 2.49. The first kappa shape index (κ1) is 11.1. The van der Waals surface area contributed by atoms with Gasteiger partial charge in [-0.15, -0.1) is 11.6 Å². The average molecular weight is 213 g/mol. The van der Waals surface area contributed by atoms with Gasteiger partial charge in [0.15, 0.2) is 5.78 Å². The molecule has 3 heteroatoms. The maximum absolute atomic E-state index is 11.0. The highest BCUT2D eigenvalue weighted by Gasteiger charge is 2.05. The number of alkyl halides is 1. The van der Waals surface area contributed by atoms with Crippen molar-refractivity contribution in [2.45, 2.75) is 13.8 Å². The highest BCUT2D eigenvalue weighted by molar-refractivity contribution is 6.27. The zero-order valence-electron chi connectivity index (χ0n) is 8.34. The SMILES string of the molecule is Cc1cccc(C)c1OCC(=O)CCl. The first-order valence-electron chi connectivity index (χ1n) is 4.42. The van der Waals surface area contributed by atoms with Crippen molar-refractivity contribution in [3.05, 3.63) is 29.3 Å². The molecule has 1 aromatic carbocycles. The van der Waals surface area contributed by atoms with E-state index in [1.165, 1.54) is 0 Å². The average Bonchev–Trinajstić information content (AvgIpc) is 2.16. The van der Waals surface area contributed by atoms with Gasteiger partial charge in [-0.3, -0.25) is 4.79 Å². The Labute approximate surface area is 88.8 Å². The summed E-state index contributed by atoms with van der Waals surface area (Å²) in [4.78, 5) is 11.0. The largest absolute Gasteiger partial charge is 0.485 e. The van der Waals surface area contributed by atoms with Crippen LogP contribution in [-0.4, -0.2) is 18.3 Å². The third kappa shape index (κ3) is 2.74. The molecular weight excluding hydrogens is 200 g/mol. The molecule has 0 bridgehead atoms. The van der Waals surface area contributed by atoms with Crippen LogP contribution < -0.4 is 4.74 Å². The zero-order chi connectivity index (χ0) is 10.6. The quantitative estimate of drug-likeness (QED) is 0.717. The van der Waals surface area contributed by atoms with Crippen LogP contribution in [0.5, 0.6) is 5.75 Å². The van der Waals surface area contributed by atoms with Crippen LogP contribution in [0.3, 0.4) is 0 Å². The molecule has 0 fully saturated rings. The molecule has 0 spiro atoms. The Hall–Kier alpha value is -1.02. The molecule has 2 nitrogen and oxygen atoms in total. The summed E-state index contributed by atoms with van der Waals surface area (Å²) in [5.41, 5.74) is 2.07. The van der Waals surface area contributed by atoms with E-state index in [0.29, 0.717) is 0 Å². The number of hydrogen-bond acceptors (Lipinski definition) is 2. The van der Waals surface area contributed by atoms with Crippen LogP contribution in [0.2, 0.25) is 0 Å². The molecule has 0 aliphatic heterocycles. The summed E-state index contributed by atoms with van der Waals surface area (Å²) in [6.07, 6.45) is 0. The van der Waals surface area contributed by atoms with E-state index in [2.05, 4.69) is 0 Å². The Bertz CT molecular complexity index is 314. The molecule has 0 heterocycles. The highest BCUT2D eigenvalue weighted by Crippen LogP contribution is 2.21. The summed E-state index contributed by atoms with van der Waals surface area (Å²) in [7, 11) is 0. The second-order valence-electron chi connectivity index (χ2n) is 3.18. The van der Waals surface area contributed by atoms with Gasteiger partial charge in [0.05, 0.1) is 5.88 Å². The Balaban J connectivity index is 2.71. The highest BCUT2D eigenvalue weighted by atomic mass is 35.5. The minimum Gasteiger partial charge on any atom is -0.485 e. The lowest BCUT2D eigenvalue weighted by Crippen LogP contribution is -2.13. The first-order chi connectivity index (χ1) is 6.65. The Morgan fingerprint density at radius 1 is 1.36 bits per heavy atom. The molecule has 0 atom stereocenters. The van der Waals surface area contributed by atoms with E-state index >= 15 is 0 Å². The van der Waals surface area contributed by atoms with E-state index in [-0.39, 0.29) is 18.3 Å². The Morgan fingerprint density at radius 3 is 2.43 bits per heavy atom. The Morgan fingerprint density at radius 2 is 1.93 bits per heavy atom. The minimum absolute atomic E-state index is 0.00489. The van der Waals surface area contributed by atoms with Gasteiger partial charge in [0.25, 0.3) is 0 Å². The molecule has 0 radical (unpaired) electrons. The molecular formula is C11H13ClO2. The molecule has 76 valence electrons. The van der Waals surface area contributed by atoms with Gasteiger partial charge in [0.2, 0.25) is 0 Å². The van der Waals surface area contributed by atoms with E-state index in [4.69, 9.17) is 16.3 Å². The van der Waals surface area contributed by atoms with Gasteiger partial charge in [0.1, 0.15) is 12.4 Å². The Kier molecular flexibility index (Phi) is 3.96. The molecule has 0 N–H and O–H groups in total. The summed E-state index contributed by atoms with van der Waals surface area (Å²) >= 11 is 5.37. The smallest absolute Gasteiger partial charge is 0.184 e. The van der Waals surface area contributed by atoms with Crippen LogP contribution in [-0.2, 0) is 4.79 Å². The topological polar surface area (TPSA) is 26.3 Å². The fourth-order valence-electron chi connectivity index (χ4n) is 1.22. The molecule has 1 aromatic rings. The fraction of sp³-hybridized carbons (Fsp3) is 0.364. The van der Waals surface area contributed by atoms with Crippen LogP contribution >= 0.6 is 11.6 Å². The van der Waals surface area contributed by atoms with Crippen molar-refractivity contribution in [3.8, 4) is 5.75 Å². The molecule has 0 aliphatic carbocycles. The van der Waals surface area contributed by atoms with Crippen molar-refractivity contribution in [3.63, 3.8) is 0 Å². The predicted molar refractivity (Wildman–Crippen MR) is 57.1 cm³/mol. The van der Waals surface area contributed by atoms with Crippen LogP contribution in [0.15, 0.2) is 18.2 Å². The fourth-order valence-corrected chi connectivity index (χ4v) is 1.30. The summed E-state index contributed by atoms with van der Waals surface area (Å²) in [6.45, 7) is 3.95. The first-order valence-corrected chi connectivity index (χ1v) is 4.95. The van der Waals surface area contributed by atoms with Gasteiger partial charge in [-0.05, 0) is 25.0 Å². The molecule has 0 saturated heterocycles.